The lowest BCUT2D eigenvalue weighted by Gasteiger charge is -2.09. The van der Waals surface area contributed by atoms with Crippen LogP contribution >= 0.6 is 22.9 Å². The van der Waals surface area contributed by atoms with Crippen LogP contribution in [0.25, 0.3) is 0 Å². The smallest absolute Gasteiger partial charge is 0.335 e. The van der Waals surface area contributed by atoms with Gasteiger partial charge in [-0.25, -0.2) is 13.6 Å². The van der Waals surface area contributed by atoms with Crippen molar-refractivity contribution < 1.29 is 18.7 Å². The van der Waals surface area contributed by atoms with Crippen LogP contribution in [0.5, 0.6) is 0 Å². The highest BCUT2D eigenvalue weighted by Crippen LogP contribution is 2.23. The number of benzene rings is 1. The highest BCUT2D eigenvalue weighted by atomic mass is 35.5. The van der Waals surface area contributed by atoms with Crippen molar-refractivity contribution in [1.29, 1.82) is 0 Å². The van der Waals surface area contributed by atoms with Gasteiger partial charge in [-0.3, -0.25) is 0 Å². The van der Waals surface area contributed by atoms with E-state index in [-0.39, 0.29) is 5.69 Å². The Kier molecular flexibility index (Phi) is 4.57. The maximum absolute atomic E-state index is 13.6. The largest absolute Gasteiger partial charge is 0.478 e. The average Bonchev–Trinajstić information content (AvgIpc) is 2.78. The van der Waals surface area contributed by atoms with Crippen LogP contribution < -0.4 is 5.32 Å². The Bertz CT molecular complexity index is 622. The zero-order valence-corrected chi connectivity index (χ0v) is 11.7. The van der Waals surface area contributed by atoms with Gasteiger partial charge in [0.2, 0.25) is 0 Å². The number of thiophene rings is 1. The Morgan fingerprint density at radius 2 is 1.95 bits per heavy atom. The second-order valence-electron chi connectivity index (χ2n) is 4.00. The van der Waals surface area contributed by atoms with Crippen LogP contribution in [-0.4, -0.2) is 17.6 Å². The number of hydrogen-bond acceptors (Lipinski definition) is 3. The standard InChI is InChI=1S/C13H10ClF2NO2S/c14-11-2-1-8(20-11)3-4-17-12-9(15)5-7(13(18)19)6-10(12)16/h1-2,5-6,17H,3-4H2,(H,18,19). The molecule has 1 heterocycles. The summed E-state index contributed by atoms with van der Waals surface area (Å²) in [6.07, 6.45) is 0.566. The van der Waals surface area contributed by atoms with Crippen LogP contribution in [0.3, 0.4) is 0 Å². The fourth-order valence-corrected chi connectivity index (χ4v) is 2.75. The van der Waals surface area contributed by atoms with E-state index < -0.39 is 23.2 Å². The summed E-state index contributed by atoms with van der Waals surface area (Å²) >= 11 is 7.17. The van der Waals surface area contributed by atoms with E-state index in [1.807, 2.05) is 6.07 Å². The molecule has 0 spiro atoms. The van der Waals surface area contributed by atoms with Crippen LogP contribution in [0, 0.1) is 11.6 Å². The van der Waals surface area contributed by atoms with Crippen molar-refractivity contribution in [2.75, 3.05) is 11.9 Å². The third-order valence-electron chi connectivity index (χ3n) is 2.59. The first-order valence-corrected chi connectivity index (χ1v) is 6.87. The number of carbonyl (C=O) groups is 1. The molecule has 1 aromatic heterocycles. The van der Waals surface area contributed by atoms with E-state index in [2.05, 4.69) is 5.32 Å². The van der Waals surface area contributed by atoms with Gasteiger partial charge in [0.1, 0.15) is 17.3 Å². The van der Waals surface area contributed by atoms with E-state index in [4.69, 9.17) is 16.7 Å². The minimum absolute atomic E-state index is 0.317. The number of halogens is 3. The first-order valence-electron chi connectivity index (χ1n) is 5.68. The predicted molar refractivity (Wildman–Crippen MR) is 74.8 cm³/mol. The lowest BCUT2D eigenvalue weighted by molar-refractivity contribution is 0.0696. The molecule has 0 aliphatic heterocycles. The van der Waals surface area contributed by atoms with E-state index in [1.165, 1.54) is 11.3 Å². The van der Waals surface area contributed by atoms with Gasteiger partial charge >= 0.3 is 5.97 Å². The van der Waals surface area contributed by atoms with Gasteiger partial charge < -0.3 is 10.4 Å². The number of carboxylic acid groups (broad SMARTS) is 1. The average molecular weight is 318 g/mol. The minimum atomic E-state index is -1.37. The third-order valence-corrected chi connectivity index (χ3v) is 3.88. The van der Waals surface area contributed by atoms with Gasteiger partial charge in [0.25, 0.3) is 0 Å². The van der Waals surface area contributed by atoms with Crippen molar-refractivity contribution in [1.82, 2.24) is 0 Å². The predicted octanol–water partition coefficient (Wildman–Crippen LogP) is 4.03. The molecule has 3 nitrogen and oxygen atoms in total. The van der Waals surface area contributed by atoms with Crippen molar-refractivity contribution in [3.8, 4) is 0 Å². The SMILES string of the molecule is O=C(O)c1cc(F)c(NCCc2ccc(Cl)s2)c(F)c1. The number of aromatic carboxylic acids is 1. The summed E-state index contributed by atoms with van der Waals surface area (Å²) in [5, 5.41) is 11.3. The van der Waals surface area contributed by atoms with Gasteiger partial charge in [-0.1, -0.05) is 11.6 Å². The maximum Gasteiger partial charge on any atom is 0.335 e. The fraction of sp³-hybridized carbons (Fsp3) is 0.154. The van der Waals surface area contributed by atoms with Gasteiger partial charge in [-0.2, -0.15) is 0 Å². The van der Waals surface area contributed by atoms with Gasteiger partial charge in [-0.15, -0.1) is 11.3 Å². The molecular formula is C13H10ClF2NO2S. The highest BCUT2D eigenvalue weighted by Gasteiger charge is 2.14. The van der Waals surface area contributed by atoms with E-state index >= 15 is 0 Å². The molecule has 106 valence electrons. The molecule has 2 N–H and O–H groups in total. The Balaban J connectivity index is 2.04. The molecule has 0 aliphatic rings. The molecule has 0 radical (unpaired) electrons. The summed E-state index contributed by atoms with van der Waals surface area (Å²) in [6.45, 7) is 0.317. The number of nitrogens with one attached hydrogen (secondary N) is 1. The van der Waals surface area contributed by atoms with Crippen molar-refractivity contribution in [3.05, 3.63) is 50.7 Å². The zero-order chi connectivity index (χ0) is 14.7. The van der Waals surface area contributed by atoms with Crippen LogP contribution in [0.2, 0.25) is 4.34 Å². The van der Waals surface area contributed by atoms with Gasteiger partial charge in [0.05, 0.1) is 9.90 Å². The molecule has 0 amide bonds. The lowest BCUT2D eigenvalue weighted by atomic mass is 10.2. The number of anilines is 1. The monoisotopic (exact) mass is 317 g/mol. The van der Waals surface area contributed by atoms with Crippen LogP contribution in [0.1, 0.15) is 15.2 Å². The van der Waals surface area contributed by atoms with Gasteiger partial charge in [0, 0.05) is 11.4 Å². The molecule has 1 aromatic carbocycles. The van der Waals surface area contributed by atoms with Crippen molar-refractivity contribution in [2.45, 2.75) is 6.42 Å². The Hall–Kier alpha value is -1.66. The number of hydrogen-bond donors (Lipinski definition) is 2. The summed E-state index contributed by atoms with van der Waals surface area (Å²) in [7, 11) is 0. The van der Waals surface area contributed by atoms with Crippen molar-refractivity contribution in [3.63, 3.8) is 0 Å². The summed E-state index contributed by atoms with van der Waals surface area (Å²) < 4.78 is 27.9. The van der Waals surface area contributed by atoms with E-state index in [9.17, 15) is 13.6 Å². The van der Waals surface area contributed by atoms with Gasteiger partial charge in [0.15, 0.2) is 0 Å². The van der Waals surface area contributed by atoms with E-state index in [1.54, 1.807) is 6.07 Å². The molecule has 0 saturated heterocycles. The van der Waals surface area contributed by atoms with Gasteiger partial charge in [-0.05, 0) is 30.7 Å². The zero-order valence-electron chi connectivity index (χ0n) is 10.1. The molecule has 0 saturated carbocycles. The van der Waals surface area contributed by atoms with Crippen LogP contribution in [0.15, 0.2) is 24.3 Å². The quantitative estimate of drug-likeness (QED) is 0.875. The normalized spacial score (nSPS) is 10.6. The number of carboxylic acids is 1. The molecular weight excluding hydrogens is 308 g/mol. The molecule has 2 aromatic rings. The van der Waals surface area contributed by atoms with Crippen LogP contribution in [-0.2, 0) is 6.42 Å². The first-order chi connectivity index (χ1) is 9.47. The molecule has 20 heavy (non-hydrogen) atoms. The molecule has 2 rings (SSSR count). The molecule has 0 unspecified atom stereocenters. The summed E-state index contributed by atoms with van der Waals surface area (Å²) in [5.41, 5.74) is -0.742. The van der Waals surface area contributed by atoms with Crippen molar-refractivity contribution in [2.24, 2.45) is 0 Å². The van der Waals surface area contributed by atoms with E-state index in [0.717, 1.165) is 17.0 Å². The highest BCUT2D eigenvalue weighted by molar-refractivity contribution is 7.16. The minimum Gasteiger partial charge on any atom is -0.478 e. The summed E-state index contributed by atoms with van der Waals surface area (Å²) in [6, 6.07) is 5.17. The molecule has 0 bridgehead atoms. The molecule has 7 heteroatoms. The van der Waals surface area contributed by atoms with Crippen molar-refractivity contribution >= 4 is 34.6 Å². The van der Waals surface area contributed by atoms with Crippen LogP contribution in [0.4, 0.5) is 14.5 Å². The topological polar surface area (TPSA) is 49.3 Å². The summed E-state index contributed by atoms with van der Waals surface area (Å²) in [4.78, 5) is 11.6. The number of rotatable bonds is 5. The lowest BCUT2D eigenvalue weighted by Crippen LogP contribution is -2.09. The first kappa shape index (κ1) is 14.7. The molecule has 0 fully saturated rings. The summed E-state index contributed by atoms with van der Waals surface area (Å²) in [5.74, 6) is -3.22. The fourth-order valence-electron chi connectivity index (χ4n) is 1.66. The Morgan fingerprint density at radius 3 is 2.45 bits per heavy atom. The second-order valence-corrected chi connectivity index (χ2v) is 5.80. The Morgan fingerprint density at radius 1 is 1.30 bits per heavy atom. The second kappa shape index (κ2) is 6.19. The maximum atomic E-state index is 13.6. The third kappa shape index (κ3) is 3.46. The Labute approximate surface area is 122 Å². The van der Waals surface area contributed by atoms with E-state index in [0.29, 0.717) is 17.3 Å². The molecule has 0 atom stereocenters. The molecule has 0 aliphatic carbocycles.